The first-order chi connectivity index (χ1) is 14.4. The van der Waals surface area contributed by atoms with E-state index in [4.69, 9.17) is 0 Å². The lowest BCUT2D eigenvalue weighted by Gasteiger charge is -2.38. The number of piperazine rings is 1. The van der Waals surface area contributed by atoms with E-state index >= 15 is 0 Å². The topological polar surface area (TPSA) is 65.5 Å². The molecule has 2 aliphatic rings. The molecule has 0 bridgehead atoms. The first-order valence-electron chi connectivity index (χ1n) is 10.0. The second kappa shape index (κ2) is 8.45. The Morgan fingerprint density at radius 1 is 0.900 bits per heavy atom. The molecule has 0 N–H and O–H groups in total. The van der Waals surface area contributed by atoms with Gasteiger partial charge in [-0.15, -0.1) is 0 Å². The third-order valence-corrected chi connectivity index (χ3v) is 5.67. The van der Waals surface area contributed by atoms with Gasteiger partial charge in [0.05, 0.1) is 5.56 Å². The first kappa shape index (κ1) is 20.4. The van der Waals surface area contributed by atoms with Gasteiger partial charge >= 0.3 is 6.18 Å². The quantitative estimate of drug-likeness (QED) is 0.760. The third kappa shape index (κ3) is 4.47. The molecule has 0 aromatic carbocycles. The van der Waals surface area contributed by atoms with Crippen molar-refractivity contribution in [2.24, 2.45) is 5.92 Å². The standard InChI is InChI=1S/C20H23F3N6O/c21-20(22,23)16-2-3-17(26-14-16)27-8-4-15(5-9-27)18(30)28-10-12-29(13-11-28)19-24-6-1-7-25-19/h1-3,6-7,14-15H,4-5,8-13H2. The molecule has 2 aromatic heterocycles. The normalized spacial score (nSPS) is 18.6. The summed E-state index contributed by atoms with van der Waals surface area (Å²) in [6, 6.07) is 4.22. The van der Waals surface area contributed by atoms with E-state index in [-0.39, 0.29) is 11.8 Å². The Morgan fingerprint density at radius 2 is 1.57 bits per heavy atom. The van der Waals surface area contributed by atoms with Gasteiger partial charge in [0.15, 0.2) is 0 Å². The van der Waals surface area contributed by atoms with Crippen molar-refractivity contribution in [2.45, 2.75) is 19.0 Å². The van der Waals surface area contributed by atoms with Crippen LogP contribution in [-0.2, 0) is 11.0 Å². The highest BCUT2D eigenvalue weighted by Gasteiger charge is 2.33. The van der Waals surface area contributed by atoms with Gasteiger partial charge < -0.3 is 14.7 Å². The molecule has 0 spiro atoms. The number of halogens is 3. The molecule has 0 unspecified atom stereocenters. The van der Waals surface area contributed by atoms with Gasteiger partial charge in [0, 0.05) is 63.8 Å². The Kier molecular flexibility index (Phi) is 5.74. The summed E-state index contributed by atoms with van der Waals surface area (Å²) in [5, 5.41) is 0. The molecule has 0 aliphatic carbocycles. The molecular weight excluding hydrogens is 397 g/mol. The highest BCUT2D eigenvalue weighted by atomic mass is 19.4. The molecule has 10 heteroatoms. The zero-order valence-electron chi connectivity index (χ0n) is 16.4. The Morgan fingerprint density at radius 3 is 2.13 bits per heavy atom. The molecular formula is C20H23F3N6O. The summed E-state index contributed by atoms with van der Waals surface area (Å²) < 4.78 is 38.1. The summed E-state index contributed by atoms with van der Waals surface area (Å²) >= 11 is 0. The number of piperidine rings is 1. The van der Waals surface area contributed by atoms with Crippen molar-refractivity contribution in [3.05, 3.63) is 42.4 Å². The number of rotatable bonds is 3. The van der Waals surface area contributed by atoms with E-state index in [1.807, 2.05) is 9.80 Å². The first-order valence-corrected chi connectivity index (χ1v) is 10.0. The van der Waals surface area contributed by atoms with Crippen LogP contribution >= 0.6 is 0 Å². The van der Waals surface area contributed by atoms with Crippen LogP contribution < -0.4 is 9.80 Å². The van der Waals surface area contributed by atoms with E-state index in [1.54, 1.807) is 18.5 Å². The van der Waals surface area contributed by atoms with Crippen LogP contribution in [0, 0.1) is 5.92 Å². The Hall–Kier alpha value is -2.91. The van der Waals surface area contributed by atoms with E-state index in [1.165, 1.54) is 6.07 Å². The summed E-state index contributed by atoms with van der Waals surface area (Å²) in [6.07, 6.45) is 1.23. The lowest BCUT2D eigenvalue weighted by molar-refractivity contribution is -0.138. The van der Waals surface area contributed by atoms with Crippen molar-refractivity contribution in [1.29, 1.82) is 0 Å². The van der Waals surface area contributed by atoms with Gasteiger partial charge in [-0.2, -0.15) is 13.2 Å². The Labute approximate surface area is 172 Å². The van der Waals surface area contributed by atoms with Gasteiger partial charge in [-0.05, 0) is 31.0 Å². The minimum Gasteiger partial charge on any atom is -0.357 e. The van der Waals surface area contributed by atoms with Crippen LogP contribution in [-0.4, -0.2) is 65.0 Å². The molecule has 30 heavy (non-hydrogen) atoms. The Bertz CT molecular complexity index is 845. The molecule has 2 aliphatic heterocycles. The summed E-state index contributed by atoms with van der Waals surface area (Å²) in [7, 11) is 0. The summed E-state index contributed by atoms with van der Waals surface area (Å²) in [6.45, 7) is 3.88. The molecule has 2 saturated heterocycles. The van der Waals surface area contributed by atoms with Crippen LogP contribution in [0.25, 0.3) is 0 Å². The van der Waals surface area contributed by atoms with Crippen LogP contribution in [0.15, 0.2) is 36.8 Å². The predicted octanol–water partition coefficient (Wildman–Crippen LogP) is 2.46. The number of pyridine rings is 1. The fourth-order valence-electron chi connectivity index (χ4n) is 3.94. The van der Waals surface area contributed by atoms with E-state index in [9.17, 15) is 18.0 Å². The molecule has 2 fully saturated rings. The summed E-state index contributed by atoms with van der Waals surface area (Å²) in [5.74, 6) is 1.30. The third-order valence-electron chi connectivity index (χ3n) is 5.67. The number of anilines is 2. The van der Waals surface area contributed by atoms with Crippen LogP contribution in [0.2, 0.25) is 0 Å². The van der Waals surface area contributed by atoms with Crippen LogP contribution in [0.5, 0.6) is 0 Å². The average Bonchev–Trinajstić information content (AvgIpc) is 2.79. The molecule has 0 atom stereocenters. The monoisotopic (exact) mass is 420 g/mol. The van der Waals surface area contributed by atoms with Gasteiger partial charge in [0.25, 0.3) is 0 Å². The van der Waals surface area contributed by atoms with Crippen LogP contribution in [0.4, 0.5) is 24.9 Å². The molecule has 0 radical (unpaired) electrons. The lowest BCUT2D eigenvalue weighted by atomic mass is 9.95. The Balaban J connectivity index is 1.28. The minimum atomic E-state index is -4.39. The van der Waals surface area contributed by atoms with Crippen LogP contribution in [0.1, 0.15) is 18.4 Å². The van der Waals surface area contributed by atoms with Gasteiger partial charge in [-0.25, -0.2) is 15.0 Å². The van der Waals surface area contributed by atoms with E-state index in [2.05, 4.69) is 19.9 Å². The SMILES string of the molecule is O=C(C1CCN(c2ccc(C(F)(F)F)cn2)CC1)N1CCN(c2ncccn2)CC1. The van der Waals surface area contributed by atoms with E-state index in [0.717, 1.165) is 12.3 Å². The number of nitrogens with zero attached hydrogens (tertiary/aromatic N) is 6. The van der Waals surface area contributed by atoms with Crippen molar-refractivity contribution in [3.63, 3.8) is 0 Å². The molecule has 7 nitrogen and oxygen atoms in total. The van der Waals surface area contributed by atoms with Crippen molar-refractivity contribution in [3.8, 4) is 0 Å². The van der Waals surface area contributed by atoms with Crippen LogP contribution in [0.3, 0.4) is 0 Å². The smallest absolute Gasteiger partial charge is 0.357 e. The van der Waals surface area contributed by atoms with Crippen molar-refractivity contribution < 1.29 is 18.0 Å². The largest absolute Gasteiger partial charge is 0.417 e. The van der Waals surface area contributed by atoms with E-state index < -0.39 is 11.7 Å². The second-order valence-electron chi connectivity index (χ2n) is 7.53. The summed E-state index contributed by atoms with van der Waals surface area (Å²) in [4.78, 5) is 31.3. The van der Waals surface area contributed by atoms with Gasteiger partial charge in [0.2, 0.25) is 11.9 Å². The highest BCUT2D eigenvalue weighted by Crippen LogP contribution is 2.30. The maximum atomic E-state index is 12.9. The van der Waals surface area contributed by atoms with Crippen molar-refractivity contribution in [2.75, 3.05) is 49.1 Å². The molecule has 1 amide bonds. The number of hydrogen-bond donors (Lipinski definition) is 0. The number of aromatic nitrogens is 3. The number of alkyl halides is 3. The zero-order valence-corrected chi connectivity index (χ0v) is 16.4. The van der Waals surface area contributed by atoms with E-state index in [0.29, 0.717) is 63.9 Å². The molecule has 2 aromatic rings. The molecule has 160 valence electrons. The molecule has 4 rings (SSSR count). The number of hydrogen-bond acceptors (Lipinski definition) is 6. The predicted molar refractivity (Wildman–Crippen MR) is 105 cm³/mol. The fraction of sp³-hybridized carbons (Fsp3) is 0.500. The summed E-state index contributed by atoms with van der Waals surface area (Å²) in [5.41, 5.74) is -0.753. The minimum absolute atomic E-state index is 0.0600. The number of amides is 1. The molecule has 0 saturated carbocycles. The zero-order chi connectivity index (χ0) is 21.1. The highest BCUT2D eigenvalue weighted by molar-refractivity contribution is 5.79. The van der Waals surface area contributed by atoms with Gasteiger partial charge in [-0.1, -0.05) is 0 Å². The van der Waals surface area contributed by atoms with Crippen molar-refractivity contribution in [1.82, 2.24) is 19.9 Å². The average molecular weight is 420 g/mol. The van der Waals surface area contributed by atoms with Gasteiger partial charge in [-0.3, -0.25) is 4.79 Å². The van der Waals surface area contributed by atoms with Gasteiger partial charge in [0.1, 0.15) is 5.82 Å². The second-order valence-corrected chi connectivity index (χ2v) is 7.53. The molecule has 4 heterocycles. The number of carbonyl (C=O) groups excluding carboxylic acids is 1. The lowest BCUT2D eigenvalue weighted by Crippen LogP contribution is -2.52. The van der Waals surface area contributed by atoms with Crippen molar-refractivity contribution >= 4 is 17.7 Å². The number of carbonyl (C=O) groups is 1. The maximum absolute atomic E-state index is 12.9. The fourth-order valence-corrected chi connectivity index (χ4v) is 3.94. The maximum Gasteiger partial charge on any atom is 0.417 e.